The second-order valence-electron chi connectivity index (χ2n) is 4.78. The van der Waals surface area contributed by atoms with Crippen molar-refractivity contribution in [2.24, 2.45) is 0 Å². The van der Waals surface area contributed by atoms with Crippen molar-refractivity contribution in [2.45, 2.75) is 13.0 Å². The van der Waals surface area contributed by atoms with Crippen molar-refractivity contribution in [1.29, 1.82) is 0 Å². The maximum absolute atomic E-state index is 13.7. The van der Waals surface area contributed by atoms with E-state index in [0.717, 1.165) is 30.8 Å². The number of hydrogen-bond donors (Lipinski definition) is 0. The zero-order valence-corrected chi connectivity index (χ0v) is 10.5. The fraction of sp³-hybridized carbons (Fsp3) is 0.188. The highest BCUT2D eigenvalue weighted by Gasteiger charge is 2.21. The highest BCUT2D eigenvalue weighted by atomic mass is 19.1. The van der Waals surface area contributed by atoms with E-state index in [1.54, 1.807) is 6.07 Å². The lowest BCUT2D eigenvalue weighted by atomic mass is 10.1. The Hall–Kier alpha value is -2.16. The van der Waals surface area contributed by atoms with Crippen molar-refractivity contribution in [1.82, 2.24) is 0 Å². The van der Waals surface area contributed by atoms with Gasteiger partial charge in [-0.3, -0.25) is 4.79 Å². The Labute approximate surface area is 111 Å². The van der Waals surface area contributed by atoms with Crippen LogP contribution in [0.1, 0.15) is 21.5 Å². The third-order valence-electron chi connectivity index (χ3n) is 3.53. The van der Waals surface area contributed by atoms with Crippen LogP contribution in [0.25, 0.3) is 0 Å². The molecule has 0 fully saturated rings. The van der Waals surface area contributed by atoms with Crippen LogP contribution >= 0.6 is 0 Å². The lowest BCUT2D eigenvalue weighted by Gasteiger charge is -2.19. The van der Waals surface area contributed by atoms with Crippen LogP contribution < -0.4 is 4.90 Å². The highest BCUT2D eigenvalue weighted by molar-refractivity contribution is 5.78. The third kappa shape index (κ3) is 2.24. The van der Waals surface area contributed by atoms with E-state index in [0.29, 0.717) is 6.29 Å². The van der Waals surface area contributed by atoms with Gasteiger partial charge in [0.25, 0.3) is 0 Å². The summed E-state index contributed by atoms with van der Waals surface area (Å²) in [5, 5.41) is 0. The molecule has 0 amide bonds. The van der Waals surface area contributed by atoms with Gasteiger partial charge in [-0.15, -0.1) is 0 Å². The minimum atomic E-state index is -0.436. The number of fused-ring (bicyclic) bond motifs is 1. The Morgan fingerprint density at radius 1 is 1.21 bits per heavy atom. The van der Waals surface area contributed by atoms with Gasteiger partial charge in [0.2, 0.25) is 0 Å². The van der Waals surface area contributed by atoms with Gasteiger partial charge in [0.05, 0.1) is 5.56 Å². The number of anilines is 1. The predicted molar refractivity (Wildman–Crippen MR) is 73.0 cm³/mol. The fourth-order valence-corrected chi connectivity index (χ4v) is 2.56. The van der Waals surface area contributed by atoms with E-state index in [1.165, 1.54) is 11.6 Å². The molecule has 0 unspecified atom stereocenters. The Kier molecular flexibility index (Phi) is 3.03. The fourth-order valence-electron chi connectivity index (χ4n) is 2.56. The van der Waals surface area contributed by atoms with E-state index in [4.69, 9.17) is 0 Å². The summed E-state index contributed by atoms with van der Waals surface area (Å²) in [6.45, 7) is 1.64. The number of hydrogen-bond acceptors (Lipinski definition) is 2. The van der Waals surface area contributed by atoms with Gasteiger partial charge in [-0.25, -0.2) is 4.39 Å². The van der Waals surface area contributed by atoms with E-state index in [9.17, 15) is 9.18 Å². The summed E-state index contributed by atoms with van der Waals surface area (Å²) < 4.78 is 13.7. The summed E-state index contributed by atoms with van der Waals surface area (Å²) in [4.78, 5) is 12.9. The van der Waals surface area contributed by atoms with Crippen LogP contribution in [-0.2, 0) is 13.0 Å². The molecule has 0 N–H and O–H groups in total. The number of aldehydes is 1. The second kappa shape index (κ2) is 4.84. The maximum atomic E-state index is 13.7. The van der Waals surface area contributed by atoms with Crippen LogP contribution in [0.2, 0.25) is 0 Å². The molecular weight excluding hydrogens is 241 g/mol. The van der Waals surface area contributed by atoms with Gasteiger partial charge in [0.15, 0.2) is 6.29 Å². The topological polar surface area (TPSA) is 20.3 Å². The largest absolute Gasteiger partial charge is 0.367 e. The SMILES string of the molecule is O=Cc1cc2c(cc1F)N(Cc1ccccc1)CC2. The van der Waals surface area contributed by atoms with Crippen LogP contribution in [-0.4, -0.2) is 12.8 Å². The summed E-state index contributed by atoms with van der Waals surface area (Å²) in [5.74, 6) is -0.436. The molecule has 2 aromatic carbocycles. The number of nitrogens with zero attached hydrogens (tertiary/aromatic N) is 1. The smallest absolute Gasteiger partial charge is 0.153 e. The summed E-state index contributed by atoms with van der Waals surface area (Å²) in [6, 6.07) is 13.3. The lowest BCUT2D eigenvalue weighted by molar-refractivity contribution is 0.112. The van der Waals surface area contributed by atoms with Gasteiger partial charge in [-0.1, -0.05) is 30.3 Å². The molecule has 1 heterocycles. The van der Waals surface area contributed by atoms with Gasteiger partial charge in [-0.2, -0.15) is 0 Å². The molecule has 2 nitrogen and oxygen atoms in total. The van der Waals surface area contributed by atoms with Crippen molar-refractivity contribution in [3.8, 4) is 0 Å². The summed E-state index contributed by atoms with van der Waals surface area (Å²) in [5.41, 5.74) is 3.32. The molecule has 0 bridgehead atoms. The predicted octanol–water partition coefficient (Wildman–Crippen LogP) is 3.20. The normalized spacial score (nSPS) is 13.4. The van der Waals surface area contributed by atoms with Crippen molar-refractivity contribution in [2.75, 3.05) is 11.4 Å². The van der Waals surface area contributed by atoms with Gasteiger partial charge in [0, 0.05) is 18.8 Å². The van der Waals surface area contributed by atoms with Crippen LogP contribution in [0.4, 0.5) is 10.1 Å². The van der Waals surface area contributed by atoms with E-state index in [1.807, 2.05) is 18.2 Å². The van der Waals surface area contributed by atoms with E-state index in [-0.39, 0.29) is 5.56 Å². The molecular formula is C16H14FNO. The molecule has 1 aliphatic rings. The third-order valence-corrected chi connectivity index (χ3v) is 3.53. The summed E-state index contributed by atoms with van der Waals surface area (Å²) in [7, 11) is 0. The van der Waals surface area contributed by atoms with Gasteiger partial charge in [-0.05, 0) is 29.7 Å². The minimum absolute atomic E-state index is 0.153. The number of carbonyl (C=O) groups is 1. The standard InChI is InChI=1S/C16H14FNO/c17-15-9-16-13(8-14(15)11-19)6-7-18(16)10-12-4-2-1-3-5-12/h1-5,8-9,11H,6-7,10H2. The first kappa shape index (κ1) is 11.9. The average Bonchev–Trinajstić information content (AvgIpc) is 2.81. The Morgan fingerprint density at radius 3 is 2.74 bits per heavy atom. The molecule has 0 spiro atoms. The second-order valence-corrected chi connectivity index (χ2v) is 4.78. The highest BCUT2D eigenvalue weighted by Crippen LogP contribution is 2.31. The number of halogens is 1. The molecule has 2 aromatic rings. The van der Waals surface area contributed by atoms with E-state index >= 15 is 0 Å². The van der Waals surface area contributed by atoms with Crippen LogP contribution in [0.3, 0.4) is 0 Å². The lowest BCUT2D eigenvalue weighted by Crippen LogP contribution is -2.19. The molecule has 1 aliphatic heterocycles. The molecule has 0 radical (unpaired) electrons. The number of carbonyl (C=O) groups excluding carboxylic acids is 1. The summed E-state index contributed by atoms with van der Waals surface area (Å²) in [6.07, 6.45) is 1.44. The molecule has 0 saturated heterocycles. The monoisotopic (exact) mass is 255 g/mol. The zero-order valence-electron chi connectivity index (χ0n) is 10.5. The van der Waals surface area contributed by atoms with Crippen LogP contribution in [0.15, 0.2) is 42.5 Å². The maximum Gasteiger partial charge on any atom is 0.153 e. The molecule has 3 heteroatoms. The minimum Gasteiger partial charge on any atom is -0.367 e. The molecule has 0 atom stereocenters. The van der Waals surface area contributed by atoms with Crippen molar-refractivity contribution in [3.63, 3.8) is 0 Å². The first-order valence-corrected chi connectivity index (χ1v) is 6.34. The van der Waals surface area contributed by atoms with Gasteiger partial charge < -0.3 is 4.90 Å². The van der Waals surface area contributed by atoms with Crippen LogP contribution in [0, 0.1) is 5.82 Å². The molecule has 19 heavy (non-hydrogen) atoms. The average molecular weight is 255 g/mol. The molecule has 0 aliphatic carbocycles. The van der Waals surface area contributed by atoms with Crippen LogP contribution in [0.5, 0.6) is 0 Å². The van der Waals surface area contributed by atoms with Crippen molar-refractivity contribution >= 4 is 12.0 Å². The van der Waals surface area contributed by atoms with E-state index < -0.39 is 5.82 Å². The number of benzene rings is 2. The molecule has 0 aromatic heterocycles. The Morgan fingerprint density at radius 2 is 2.00 bits per heavy atom. The quantitative estimate of drug-likeness (QED) is 0.785. The number of rotatable bonds is 3. The molecule has 0 saturated carbocycles. The van der Waals surface area contributed by atoms with Gasteiger partial charge >= 0.3 is 0 Å². The Balaban J connectivity index is 1.90. The van der Waals surface area contributed by atoms with Crippen molar-refractivity contribution < 1.29 is 9.18 Å². The first-order chi connectivity index (χ1) is 9.28. The molecule has 3 rings (SSSR count). The zero-order chi connectivity index (χ0) is 13.2. The first-order valence-electron chi connectivity index (χ1n) is 6.34. The van der Waals surface area contributed by atoms with Crippen molar-refractivity contribution in [3.05, 3.63) is 65.0 Å². The molecule has 96 valence electrons. The van der Waals surface area contributed by atoms with Gasteiger partial charge in [0.1, 0.15) is 5.82 Å². The Bertz CT molecular complexity index is 610. The summed E-state index contributed by atoms with van der Waals surface area (Å²) >= 11 is 0. The van der Waals surface area contributed by atoms with E-state index in [2.05, 4.69) is 17.0 Å².